The molecule has 0 amide bonds. The van der Waals surface area contributed by atoms with E-state index in [4.69, 9.17) is 32.9 Å². The van der Waals surface area contributed by atoms with E-state index in [1.807, 2.05) is 46.1 Å². The maximum Gasteiger partial charge on any atom is 0.333 e. The maximum absolute atomic E-state index is 13.5. The number of hydrogen-bond donors (Lipinski definition) is 0. The highest BCUT2D eigenvalue weighted by Crippen LogP contribution is 2.29. The molecule has 0 N–H and O–H groups in total. The molecule has 0 bridgehead atoms. The summed E-state index contributed by atoms with van der Waals surface area (Å²) in [6, 6.07) is 12.6. The van der Waals surface area contributed by atoms with Gasteiger partial charge in [-0.1, -0.05) is 47.1 Å². The van der Waals surface area contributed by atoms with Crippen molar-refractivity contribution in [1.82, 2.24) is 14.1 Å². The third-order valence-electron chi connectivity index (χ3n) is 4.54. The monoisotopic (exact) mass is 492 g/mol. The van der Waals surface area contributed by atoms with Crippen LogP contribution >= 0.6 is 35.0 Å². The minimum Gasteiger partial charge on any atom is -0.489 e. The van der Waals surface area contributed by atoms with Gasteiger partial charge < -0.3 is 4.74 Å². The average Bonchev–Trinajstić information content (AvgIpc) is 2.73. The normalized spacial score (nSPS) is 12.1. The van der Waals surface area contributed by atoms with E-state index in [2.05, 4.69) is 4.99 Å². The van der Waals surface area contributed by atoms with Crippen molar-refractivity contribution in [2.75, 3.05) is 6.26 Å². The predicted octanol–water partition coefficient (Wildman–Crippen LogP) is 5.72. The van der Waals surface area contributed by atoms with E-state index in [0.717, 1.165) is 5.56 Å². The zero-order chi connectivity index (χ0) is 23.4. The van der Waals surface area contributed by atoms with Gasteiger partial charge in [-0.3, -0.25) is 9.13 Å². The molecule has 0 unspecified atom stereocenters. The van der Waals surface area contributed by atoms with Crippen LogP contribution in [0.15, 0.2) is 57.4 Å². The fourth-order valence-corrected chi connectivity index (χ4v) is 4.11. The molecule has 0 radical (unpaired) electrons. The standard InChI is InChI=1S/C23H26Cl2N4O2S/c1-14(2)29-22(32-5)27-21(26-18-10-11-20(19(25)12-18)31-15(3)4)28(23(29)30)13-16-6-8-17(24)9-7-16/h6-12,14-15H,13H2,1-5H3/b26-21+. The number of ether oxygens (including phenoxy) is 1. The lowest BCUT2D eigenvalue weighted by Gasteiger charge is -2.17. The molecule has 0 spiro atoms. The summed E-state index contributed by atoms with van der Waals surface area (Å²) < 4.78 is 8.94. The fraction of sp³-hybridized carbons (Fsp3) is 0.348. The third-order valence-corrected chi connectivity index (χ3v) is 5.74. The van der Waals surface area contributed by atoms with E-state index in [9.17, 15) is 4.79 Å². The average molecular weight is 493 g/mol. The molecule has 170 valence electrons. The Balaban J connectivity index is 2.19. The Morgan fingerprint density at radius 2 is 1.78 bits per heavy atom. The number of halogens is 2. The van der Waals surface area contributed by atoms with Crippen molar-refractivity contribution in [3.8, 4) is 5.75 Å². The zero-order valence-electron chi connectivity index (χ0n) is 18.7. The van der Waals surface area contributed by atoms with Gasteiger partial charge in [0.25, 0.3) is 0 Å². The van der Waals surface area contributed by atoms with Gasteiger partial charge in [0.15, 0.2) is 5.16 Å². The molecule has 1 heterocycles. The van der Waals surface area contributed by atoms with Crippen LogP contribution in [0.1, 0.15) is 39.3 Å². The maximum atomic E-state index is 13.5. The molecule has 0 saturated heterocycles. The van der Waals surface area contributed by atoms with Gasteiger partial charge in [-0.25, -0.2) is 9.79 Å². The van der Waals surface area contributed by atoms with Crippen LogP contribution < -0.4 is 16.0 Å². The predicted molar refractivity (Wildman–Crippen MR) is 132 cm³/mol. The molecule has 0 aliphatic heterocycles. The summed E-state index contributed by atoms with van der Waals surface area (Å²) in [5, 5.41) is 1.68. The highest BCUT2D eigenvalue weighted by atomic mass is 35.5. The van der Waals surface area contributed by atoms with Crippen LogP contribution in [0.2, 0.25) is 10.0 Å². The SMILES string of the molecule is CSc1n/c(=N\c2ccc(OC(C)C)c(Cl)c2)n(Cc2ccc(Cl)cc2)c(=O)n1C(C)C. The van der Waals surface area contributed by atoms with Crippen molar-refractivity contribution >= 4 is 40.7 Å². The van der Waals surface area contributed by atoms with Gasteiger partial charge in [-0.15, -0.1) is 0 Å². The van der Waals surface area contributed by atoms with Crippen LogP contribution in [0.5, 0.6) is 5.75 Å². The highest BCUT2D eigenvalue weighted by molar-refractivity contribution is 7.98. The Kier molecular flexibility index (Phi) is 8.09. The van der Waals surface area contributed by atoms with Crippen LogP contribution in [0, 0.1) is 0 Å². The van der Waals surface area contributed by atoms with Crippen molar-refractivity contribution in [3.05, 3.63) is 74.2 Å². The largest absolute Gasteiger partial charge is 0.489 e. The summed E-state index contributed by atoms with van der Waals surface area (Å²) >= 11 is 13.8. The van der Waals surface area contributed by atoms with Gasteiger partial charge in [0.2, 0.25) is 5.62 Å². The molecule has 6 nitrogen and oxygen atoms in total. The second kappa shape index (κ2) is 10.6. The first-order chi connectivity index (χ1) is 15.2. The number of hydrogen-bond acceptors (Lipinski definition) is 5. The molecule has 2 aromatic carbocycles. The first-order valence-electron chi connectivity index (χ1n) is 10.2. The molecule has 32 heavy (non-hydrogen) atoms. The van der Waals surface area contributed by atoms with Gasteiger partial charge in [-0.2, -0.15) is 4.98 Å². The van der Waals surface area contributed by atoms with Crippen LogP contribution in [-0.2, 0) is 6.54 Å². The summed E-state index contributed by atoms with van der Waals surface area (Å²) in [6.07, 6.45) is 1.90. The van der Waals surface area contributed by atoms with E-state index in [1.165, 1.54) is 11.8 Å². The first-order valence-corrected chi connectivity index (χ1v) is 12.2. The van der Waals surface area contributed by atoms with Gasteiger partial charge in [0, 0.05) is 11.1 Å². The van der Waals surface area contributed by atoms with Gasteiger partial charge in [-0.05, 0) is 69.8 Å². The fourth-order valence-electron chi connectivity index (χ4n) is 3.10. The quantitative estimate of drug-likeness (QED) is 0.395. The summed E-state index contributed by atoms with van der Waals surface area (Å²) in [6.45, 7) is 8.10. The van der Waals surface area contributed by atoms with Crippen molar-refractivity contribution in [2.45, 2.75) is 51.5 Å². The third kappa shape index (κ3) is 5.77. The summed E-state index contributed by atoms with van der Waals surface area (Å²) in [4.78, 5) is 22.8. The van der Waals surface area contributed by atoms with E-state index < -0.39 is 0 Å². The number of nitrogens with zero attached hydrogens (tertiary/aromatic N) is 4. The Bertz CT molecular complexity index is 1220. The first kappa shape index (κ1) is 24.4. The minimum absolute atomic E-state index is 0.00579. The van der Waals surface area contributed by atoms with Gasteiger partial charge in [0.05, 0.1) is 23.4 Å². The van der Waals surface area contributed by atoms with Gasteiger partial charge in [0.1, 0.15) is 5.75 Å². The van der Waals surface area contributed by atoms with E-state index in [0.29, 0.717) is 38.8 Å². The molecule has 3 aromatic rings. The second-order valence-corrected chi connectivity index (χ2v) is 9.37. The Labute approximate surface area is 201 Å². The lowest BCUT2D eigenvalue weighted by Crippen LogP contribution is -2.43. The number of benzene rings is 2. The van der Waals surface area contributed by atoms with Crippen LogP contribution in [0.25, 0.3) is 0 Å². The highest BCUT2D eigenvalue weighted by Gasteiger charge is 2.15. The molecular formula is C23H26Cl2N4O2S. The zero-order valence-corrected chi connectivity index (χ0v) is 21.0. The number of rotatable bonds is 7. The molecular weight excluding hydrogens is 467 g/mol. The summed E-state index contributed by atoms with van der Waals surface area (Å²) in [5.74, 6) is 0.586. The van der Waals surface area contributed by atoms with E-state index >= 15 is 0 Å². The second-order valence-electron chi connectivity index (χ2n) is 7.75. The minimum atomic E-state index is -0.182. The van der Waals surface area contributed by atoms with Crippen molar-refractivity contribution in [2.24, 2.45) is 4.99 Å². The van der Waals surface area contributed by atoms with Crippen molar-refractivity contribution in [3.63, 3.8) is 0 Å². The lowest BCUT2D eigenvalue weighted by atomic mass is 10.2. The van der Waals surface area contributed by atoms with E-state index in [1.54, 1.807) is 39.5 Å². The Morgan fingerprint density at radius 1 is 1.09 bits per heavy atom. The van der Waals surface area contributed by atoms with Crippen LogP contribution in [0.4, 0.5) is 5.69 Å². The van der Waals surface area contributed by atoms with Crippen LogP contribution in [-0.4, -0.2) is 26.5 Å². The Morgan fingerprint density at radius 3 is 2.34 bits per heavy atom. The molecule has 0 aliphatic carbocycles. The molecule has 0 saturated carbocycles. The molecule has 3 rings (SSSR count). The van der Waals surface area contributed by atoms with Crippen LogP contribution in [0.3, 0.4) is 0 Å². The van der Waals surface area contributed by atoms with Crippen molar-refractivity contribution < 1.29 is 4.74 Å². The smallest absolute Gasteiger partial charge is 0.333 e. The molecule has 0 fully saturated rings. The topological polar surface area (TPSA) is 61.4 Å². The van der Waals surface area contributed by atoms with Gasteiger partial charge >= 0.3 is 5.69 Å². The molecule has 9 heteroatoms. The molecule has 0 aliphatic rings. The summed E-state index contributed by atoms with van der Waals surface area (Å²) in [7, 11) is 0. The number of aromatic nitrogens is 3. The van der Waals surface area contributed by atoms with E-state index in [-0.39, 0.29) is 17.8 Å². The Hall–Kier alpha value is -2.22. The van der Waals surface area contributed by atoms with Crippen molar-refractivity contribution in [1.29, 1.82) is 0 Å². The molecule has 0 atom stereocenters. The molecule has 1 aromatic heterocycles. The number of thioether (sulfide) groups is 1. The summed E-state index contributed by atoms with van der Waals surface area (Å²) in [5.41, 5.74) is 1.62. The lowest BCUT2D eigenvalue weighted by molar-refractivity contribution is 0.242.